The van der Waals surface area contributed by atoms with Crippen LogP contribution in [0.25, 0.3) is 0 Å². The lowest BCUT2D eigenvalue weighted by molar-refractivity contribution is 0.0133. The summed E-state index contributed by atoms with van der Waals surface area (Å²) in [5, 5.41) is 17.9. The predicted octanol–water partition coefficient (Wildman–Crippen LogP) is 1.37. The maximum atomic E-state index is 10.1. The Hall–Kier alpha value is -2.15. The Bertz CT molecular complexity index is 681. The van der Waals surface area contributed by atoms with Gasteiger partial charge in [-0.25, -0.2) is 9.97 Å². The van der Waals surface area contributed by atoms with Crippen LogP contribution in [-0.2, 0) is 0 Å². The largest absolute Gasteiger partial charge is 0.391 e. The molecule has 2 aromatic rings. The summed E-state index contributed by atoms with van der Waals surface area (Å²) in [6.07, 6.45) is 8.18. The first kappa shape index (κ1) is 14.4. The maximum Gasteiger partial charge on any atom is 0.134 e. The van der Waals surface area contributed by atoms with Gasteiger partial charge in [0.25, 0.3) is 0 Å². The molecule has 122 valence electrons. The lowest BCUT2D eigenvalue weighted by atomic mass is 9.83. The molecular formula is C16H22N6O. The number of aromatic nitrogens is 4. The number of aliphatic hydroxyl groups is 1. The maximum absolute atomic E-state index is 10.1. The second kappa shape index (κ2) is 5.81. The topological polar surface area (TPSA) is 79.1 Å². The monoisotopic (exact) mass is 314 g/mol. The molecule has 7 heteroatoms. The van der Waals surface area contributed by atoms with Crippen LogP contribution in [0.2, 0.25) is 0 Å². The second-order valence-electron chi connectivity index (χ2n) is 6.50. The zero-order valence-electron chi connectivity index (χ0n) is 13.3. The number of hydrogen-bond acceptors (Lipinski definition) is 6. The average Bonchev–Trinajstić information content (AvgIpc) is 3.19. The van der Waals surface area contributed by atoms with Crippen molar-refractivity contribution >= 4 is 11.6 Å². The molecule has 4 rings (SSSR count). The van der Waals surface area contributed by atoms with Gasteiger partial charge in [0.2, 0.25) is 0 Å². The van der Waals surface area contributed by atoms with Crippen LogP contribution in [0, 0.1) is 6.92 Å². The molecule has 0 spiro atoms. The Morgan fingerprint density at radius 1 is 1.26 bits per heavy atom. The molecule has 0 unspecified atom stereocenters. The quantitative estimate of drug-likeness (QED) is 0.887. The second-order valence-corrected chi connectivity index (χ2v) is 6.50. The molecule has 1 aliphatic carbocycles. The van der Waals surface area contributed by atoms with E-state index < -0.39 is 0 Å². The highest BCUT2D eigenvalue weighted by Gasteiger charge is 2.42. The number of rotatable bonds is 4. The zero-order chi connectivity index (χ0) is 15.8. The SMILES string of the molecule is Cc1cnn([C@H]2[C@H](O)C[C@@H]2Nc2cc(N3CCCC3)ncn2)c1. The Morgan fingerprint density at radius 3 is 2.78 bits per heavy atom. The van der Waals surface area contributed by atoms with Gasteiger partial charge in [-0.3, -0.25) is 4.68 Å². The summed E-state index contributed by atoms with van der Waals surface area (Å²) >= 11 is 0. The van der Waals surface area contributed by atoms with E-state index in [1.165, 1.54) is 12.8 Å². The van der Waals surface area contributed by atoms with E-state index in [1.807, 2.05) is 30.1 Å². The van der Waals surface area contributed by atoms with Gasteiger partial charge in [0.15, 0.2) is 0 Å². The summed E-state index contributed by atoms with van der Waals surface area (Å²) in [7, 11) is 0. The van der Waals surface area contributed by atoms with E-state index in [2.05, 4.69) is 25.3 Å². The Kier molecular flexibility index (Phi) is 3.65. The lowest BCUT2D eigenvalue weighted by Gasteiger charge is -2.42. The standard InChI is InChI=1S/C16H22N6O/c1-11-8-19-22(9-11)16-12(6-13(16)23)20-14-7-15(18-10-17-14)21-4-2-3-5-21/h7-10,12-13,16,23H,2-6H2,1H3,(H,17,18,20)/t12-,13+,16+/m0/s1. The normalized spacial score (nSPS) is 27.0. The molecular weight excluding hydrogens is 292 g/mol. The van der Waals surface area contributed by atoms with Crippen molar-refractivity contribution < 1.29 is 5.11 Å². The van der Waals surface area contributed by atoms with E-state index >= 15 is 0 Å². The third kappa shape index (κ3) is 2.76. The van der Waals surface area contributed by atoms with Crippen LogP contribution in [0.4, 0.5) is 11.6 Å². The van der Waals surface area contributed by atoms with Crippen molar-refractivity contribution in [3.05, 3.63) is 30.4 Å². The first-order valence-corrected chi connectivity index (χ1v) is 8.23. The van der Waals surface area contributed by atoms with Gasteiger partial charge in [0.05, 0.1) is 24.4 Å². The molecule has 2 N–H and O–H groups in total. The molecule has 3 atom stereocenters. The van der Waals surface area contributed by atoms with Gasteiger partial charge >= 0.3 is 0 Å². The van der Waals surface area contributed by atoms with Crippen LogP contribution in [0.5, 0.6) is 0 Å². The van der Waals surface area contributed by atoms with Crippen LogP contribution in [0.1, 0.15) is 30.9 Å². The molecule has 1 saturated carbocycles. The van der Waals surface area contributed by atoms with E-state index in [9.17, 15) is 5.11 Å². The summed E-state index contributed by atoms with van der Waals surface area (Å²) < 4.78 is 1.85. The molecule has 1 aliphatic heterocycles. The number of aryl methyl sites for hydroxylation is 1. The van der Waals surface area contributed by atoms with Crippen molar-refractivity contribution in [2.75, 3.05) is 23.3 Å². The van der Waals surface area contributed by atoms with Gasteiger partial charge in [-0.05, 0) is 31.7 Å². The number of aliphatic hydroxyl groups excluding tert-OH is 1. The summed E-state index contributed by atoms with van der Waals surface area (Å²) in [5.74, 6) is 1.79. The van der Waals surface area contributed by atoms with Gasteiger partial charge in [-0.15, -0.1) is 0 Å². The minimum absolute atomic E-state index is 0.0473. The van der Waals surface area contributed by atoms with Gasteiger partial charge in [0, 0.05) is 25.4 Å². The van der Waals surface area contributed by atoms with E-state index in [0.717, 1.165) is 30.3 Å². The van der Waals surface area contributed by atoms with Gasteiger partial charge in [-0.2, -0.15) is 5.10 Å². The van der Waals surface area contributed by atoms with Crippen LogP contribution in [0.3, 0.4) is 0 Å². The minimum atomic E-state index is -0.369. The molecule has 0 aromatic carbocycles. The van der Waals surface area contributed by atoms with Crippen molar-refractivity contribution in [2.45, 2.75) is 44.4 Å². The Balaban J connectivity index is 1.48. The van der Waals surface area contributed by atoms with Crippen LogP contribution in [0.15, 0.2) is 24.8 Å². The third-order valence-corrected chi connectivity index (χ3v) is 4.75. The van der Waals surface area contributed by atoms with Crippen molar-refractivity contribution in [3.8, 4) is 0 Å². The molecule has 3 heterocycles. The number of nitrogens with zero attached hydrogens (tertiary/aromatic N) is 5. The first-order valence-electron chi connectivity index (χ1n) is 8.23. The highest BCUT2D eigenvalue weighted by atomic mass is 16.3. The molecule has 23 heavy (non-hydrogen) atoms. The van der Waals surface area contributed by atoms with Crippen molar-refractivity contribution in [1.82, 2.24) is 19.7 Å². The smallest absolute Gasteiger partial charge is 0.134 e. The van der Waals surface area contributed by atoms with Crippen LogP contribution < -0.4 is 10.2 Å². The molecule has 1 saturated heterocycles. The molecule has 0 amide bonds. The molecule has 7 nitrogen and oxygen atoms in total. The highest BCUT2D eigenvalue weighted by Crippen LogP contribution is 2.35. The molecule has 2 aliphatic rings. The predicted molar refractivity (Wildman–Crippen MR) is 87.5 cm³/mol. The van der Waals surface area contributed by atoms with Gasteiger partial charge in [0.1, 0.15) is 18.0 Å². The minimum Gasteiger partial charge on any atom is -0.391 e. The van der Waals surface area contributed by atoms with E-state index in [0.29, 0.717) is 6.42 Å². The van der Waals surface area contributed by atoms with E-state index in [1.54, 1.807) is 6.33 Å². The lowest BCUT2D eigenvalue weighted by Crippen LogP contribution is -2.51. The molecule has 2 fully saturated rings. The molecule has 0 radical (unpaired) electrons. The fourth-order valence-electron chi connectivity index (χ4n) is 3.45. The summed E-state index contributed by atoms with van der Waals surface area (Å²) in [5.41, 5.74) is 1.10. The number of anilines is 2. The highest BCUT2D eigenvalue weighted by molar-refractivity contribution is 5.49. The third-order valence-electron chi connectivity index (χ3n) is 4.75. The summed E-state index contributed by atoms with van der Waals surface area (Å²) in [4.78, 5) is 11.0. The Labute approximate surface area is 135 Å². The van der Waals surface area contributed by atoms with Crippen molar-refractivity contribution in [1.29, 1.82) is 0 Å². The molecule has 0 bridgehead atoms. The van der Waals surface area contributed by atoms with E-state index in [-0.39, 0.29) is 18.2 Å². The summed E-state index contributed by atoms with van der Waals surface area (Å²) in [6.45, 7) is 4.13. The van der Waals surface area contributed by atoms with Gasteiger partial charge < -0.3 is 15.3 Å². The number of hydrogen-bond donors (Lipinski definition) is 2. The number of nitrogens with one attached hydrogen (secondary N) is 1. The van der Waals surface area contributed by atoms with Crippen LogP contribution >= 0.6 is 0 Å². The van der Waals surface area contributed by atoms with Crippen LogP contribution in [-0.4, -0.2) is 50.1 Å². The van der Waals surface area contributed by atoms with E-state index in [4.69, 9.17) is 0 Å². The zero-order valence-corrected chi connectivity index (χ0v) is 13.3. The average molecular weight is 314 g/mol. The fourth-order valence-corrected chi connectivity index (χ4v) is 3.45. The Morgan fingerprint density at radius 2 is 2.09 bits per heavy atom. The summed E-state index contributed by atoms with van der Waals surface area (Å²) in [6, 6.07) is 2.08. The van der Waals surface area contributed by atoms with Crippen molar-refractivity contribution in [2.24, 2.45) is 0 Å². The first-order chi connectivity index (χ1) is 11.2. The van der Waals surface area contributed by atoms with Gasteiger partial charge in [-0.1, -0.05) is 0 Å². The fraction of sp³-hybridized carbons (Fsp3) is 0.562. The van der Waals surface area contributed by atoms with Crippen molar-refractivity contribution in [3.63, 3.8) is 0 Å². The molecule has 2 aromatic heterocycles.